The van der Waals surface area contributed by atoms with Gasteiger partial charge in [-0.3, -0.25) is 4.99 Å². The number of nitrogens with zero attached hydrogens (tertiary/aromatic N) is 4. The highest BCUT2D eigenvalue weighted by Gasteiger charge is 2.27. The Labute approximate surface area is 183 Å². The van der Waals surface area contributed by atoms with Gasteiger partial charge in [-0.1, -0.05) is 6.07 Å². The maximum absolute atomic E-state index is 12.0. The molecule has 8 nitrogen and oxygen atoms in total. The minimum Gasteiger partial charge on any atom is -0.354 e. The molecule has 0 aliphatic carbocycles. The van der Waals surface area contributed by atoms with Gasteiger partial charge >= 0.3 is 0 Å². The molecule has 156 valence electrons. The summed E-state index contributed by atoms with van der Waals surface area (Å²) in [6, 6.07) is 6.25. The van der Waals surface area contributed by atoms with Gasteiger partial charge in [-0.15, -0.1) is 24.0 Å². The highest BCUT2D eigenvalue weighted by Crippen LogP contribution is 2.14. The van der Waals surface area contributed by atoms with Crippen LogP contribution in [0.25, 0.3) is 5.65 Å². The van der Waals surface area contributed by atoms with E-state index in [2.05, 4.69) is 38.0 Å². The minimum atomic E-state index is -3.09. The molecule has 2 aromatic heterocycles. The van der Waals surface area contributed by atoms with Crippen LogP contribution in [0.4, 0.5) is 0 Å². The molecule has 0 spiro atoms. The molecule has 3 rings (SSSR count). The summed E-state index contributed by atoms with van der Waals surface area (Å²) in [5.74, 6) is 0.868. The van der Waals surface area contributed by atoms with Gasteiger partial charge in [-0.25, -0.2) is 17.7 Å². The zero-order valence-electron chi connectivity index (χ0n) is 16.6. The van der Waals surface area contributed by atoms with Crippen LogP contribution in [-0.2, 0) is 16.6 Å². The number of nitrogens with one attached hydrogen (secondary N) is 2. The summed E-state index contributed by atoms with van der Waals surface area (Å²) in [4.78, 5) is 8.90. The minimum absolute atomic E-state index is 0. The Kier molecular flexibility index (Phi) is 8.07. The predicted molar refractivity (Wildman–Crippen MR) is 123 cm³/mol. The van der Waals surface area contributed by atoms with E-state index in [0.717, 1.165) is 29.9 Å². The van der Waals surface area contributed by atoms with Crippen molar-refractivity contribution in [3.05, 3.63) is 35.8 Å². The molecule has 0 amide bonds. The zero-order chi connectivity index (χ0) is 19.4. The maximum Gasteiger partial charge on any atom is 0.213 e. The Hall–Kier alpha value is -1.40. The van der Waals surface area contributed by atoms with Crippen LogP contribution in [0.2, 0.25) is 0 Å². The summed E-state index contributed by atoms with van der Waals surface area (Å²) in [6.07, 6.45) is 3.57. The first-order valence-corrected chi connectivity index (χ1v) is 10.9. The Morgan fingerprint density at radius 1 is 1.32 bits per heavy atom. The van der Waals surface area contributed by atoms with Crippen LogP contribution in [0.3, 0.4) is 0 Å². The van der Waals surface area contributed by atoms with Crippen LogP contribution in [0.1, 0.15) is 31.2 Å². The molecule has 0 saturated carbocycles. The van der Waals surface area contributed by atoms with Gasteiger partial charge in [0.05, 0.1) is 18.0 Å². The van der Waals surface area contributed by atoms with Crippen molar-refractivity contribution in [2.24, 2.45) is 4.99 Å². The van der Waals surface area contributed by atoms with Gasteiger partial charge in [0.15, 0.2) is 5.96 Å². The summed E-state index contributed by atoms with van der Waals surface area (Å²) < 4.78 is 27.6. The van der Waals surface area contributed by atoms with E-state index >= 15 is 0 Å². The first-order valence-electron chi connectivity index (χ1n) is 9.31. The number of aryl methyl sites for hydroxylation is 1. The van der Waals surface area contributed by atoms with Crippen LogP contribution in [-0.4, -0.2) is 60.0 Å². The lowest BCUT2D eigenvalue weighted by atomic mass is 10.1. The molecule has 0 bridgehead atoms. The summed E-state index contributed by atoms with van der Waals surface area (Å²) in [5, 5.41) is 6.69. The molecule has 0 radical (unpaired) electrons. The van der Waals surface area contributed by atoms with Crippen LogP contribution in [0.5, 0.6) is 0 Å². The van der Waals surface area contributed by atoms with Crippen LogP contribution in [0, 0.1) is 6.92 Å². The fourth-order valence-corrected chi connectivity index (χ4v) is 4.44. The van der Waals surface area contributed by atoms with E-state index < -0.39 is 10.0 Å². The number of sulfonamides is 1. The number of rotatable bonds is 5. The van der Waals surface area contributed by atoms with Gasteiger partial charge in [0.2, 0.25) is 10.0 Å². The average molecular weight is 520 g/mol. The van der Waals surface area contributed by atoms with E-state index in [9.17, 15) is 8.42 Å². The fourth-order valence-electron chi connectivity index (χ4n) is 3.31. The van der Waals surface area contributed by atoms with Crippen LogP contribution < -0.4 is 10.6 Å². The molecule has 1 aliphatic rings. The van der Waals surface area contributed by atoms with Gasteiger partial charge in [0.25, 0.3) is 0 Å². The van der Waals surface area contributed by atoms with Gasteiger partial charge in [0.1, 0.15) is 5.65 Å². The Morgan fingerprint density at radius 2 is 2.04 bits per heavy atom. The molecule has 0 atom stereocenters. The van der Waals surface area contributed by atoms with E-state index in [0.29, 0.717) is 25.6 Å². The van der Waals surface area contributed by atoms with Crippen molar-refractivity contribution in [3.8, 4) is 0 Å². The number of aromatic nitrogens is 2. The van der Waals surface area contributed by atoms with Crippen molar-refractivity contribution in [1.29, 1.82) is 0 Å². The Bertz CT molecular complexity index is 919. The molecule has 1 saturated heterocycles. The van der Waals surface area contributed by atoms with Crippen molar-refractivity contribution in [3.63, 3.8) is 0 Å². The molecule has 1 aliphatic heterocycles. The number of hydrogen-bond acceptors (Lipinski definition) is 4. The molecule has 10 heteroatoms. The predicted octanol–water partition coefficient (Wildman–Crippen LogP) is 1.74. The second-order valence-corrected chi connectivity index (χ2v) is 9.03. The first kappa shape index (κ1) is 22.9. The third kappa shape index (κ3) is 5.35. The standard InChI is InChI=1S/C18H28N6O2S.HI/c1-4-27(25,26)23-10-8-15(9-11-23)22-18(19-3)20-12-16-13-24-14(2)6-5-7-17(24)21-16;/h5-7,13,15H,4,8-12H2,1-3H3,(H2,19,20,22);1H. The van der Waals surface area contributed by atoms with Crippen molar-refractivity contribution >= 4 is 45.6 Å². The second-order valence-electron chi connectivity index (χ2n) is 6.77. The Balaban J connectivity index is 0.00000280. The normalized spacial score (nSPS) is 16.8. The summed E-state index contributed by atoms with van der Waals surface area (Å²) in [6.45, 7) is 5.42. The number of pyridine rings is 1. The average Bonchev–Trinajstić information content (AvgIpc) is 3.10. The van der Waals surface area contributed by atoms with Gasteiger partial charge in [0, 0.05) is 38.1 Å². The lowest BCUT2D eigenvalue weighted by Crippen LogP contribution is -2.49. The van der Waals surface area contributed by atoms with E-state index in [1.807, 2.05) is 18.3 Å². The molecule has 28 heavy (non-hydrogen) atoms. The van der Waals surface area contributed by atoms with Crippen molar-refractivity contribution < 1.29 is 8.42 Å². The largest absolute Gasteiger partial charge is 0.354 e. The molecule has 0 aromatic carbocycles. The number of aliphatic imine (C=N–C) groups is 1. The number of imidazole rings is 1. The van der Waals surface area contributed by atoms with E-state index in [1.54, 1.807) is 18.3 Å². The van der Waals surface area contributed by atoms with Crippen molar-refractivity contribution in [2.45, 2.75) is 39.3 Å². The number of guanidine groups is 1. The van der Waals surface area contributed by atoms with E-state index in [-0.39, 0.29) is 35.8 Å². The lowest BCUT2D eigenvalue weighted by Gasteiger charge is -2.32. The summed E-state index contributed by atoms with van der Waals surface area (Å²) in [5.41, 5.74) is 3.01. The molecule has 1 fully saturated rings. The molecular weight excluding hydrogens is 491 g/mol. The van der Waals surface area contributed by atoms with Gasteiger partial charge < -0.3 is 15.0 Å². The monoisotopic (exact) mass is 520 g/mol. The number of hydrogen-bond donors (Lipinski definition) is 2. The highest BCUT2D eigenvalue weighted by atomic mass is 127. The topological polar surface area (TPSA) is 91.1 Å². The van der Waals surface area contributed by atoms with E-state index in [1.165, 1.54) is 0 Å². The number of halogens is 1. The second kappa shape index (κ2) is 9.88. The van der Waals surface area contributed by atoms with Gasteiger partial charge in [-0.05, 0) is 38.8 Å². The van der Waals surface area contributed by atoms with Crippen molar-refractivity contribution in [2.75, 3.05) is 25.9 Å². The third-order valence-corrected chi connectivity index (χ3v) is 6.84. The summed E-state index contributed by atoms with van der Waals surface area (Å²) in [7, 11) is -1.36. The van der Waals surface area contributed by atoms with Crippen LogP contribution >= 0.6 is 24.0 Å². The number of piperidine rings is 1. The number of fused-ring (bicyclic) bond motifs is 1. The molecule has 2 aromatic rings. The zero-order valence-corrected chi connectivity index (χ0v) is 19.7. The summed E-state index contributed by atoms with van der Waals surface area (Å²) >= 11 is 0. The molecule has 2 N–H and O–H groups in total. The van der Waals surface area contributed by atoms with Crippen LogP contribution in [0.15, 0.2) is 29.4 Å². The quantitative estimate of drug-likeness (QED) is 0.356. The van der Waals surface area contributed by atoms with E-state index in [4.69, 9.17) is 0 Å². The maximum atomic E-state index is 12.0. The van der Waals surface area contributed by atoms with Crippen molar-refractivity contribution in [1.82, 2.24) is 24.3 Å². The fraction of sp³-hybridized carbons (Fsp3) is 0.556. The smallest absolute Gasteiger partial charge is 0.213 e. The highest BCUT2D eigenvalue weighted by molar-refractivity contribution is 14.0. The third-order valence-electron chi connectivity index (χ3n) is 4.96. The SMILES string of the molecule is CCS(=O)(=O)N1CCC(NC(=NC)NCc2cn3c(C)cccc3n2)CC1.I. The molecule has 3 heterocycles. The molecular formula is C18H29IN6O2S. The first-order chi connectivity index (χ1) is 12.9. The van der Waals surface area contributed by atoms with Gasteiger partial charge in [-0.2, -0.15) is 0 Å². The Morgan fingerprint density at radius 3 is 2.64 bits per heavy atom. The lowest BCUT2D eigenvalue weighted by molar-refractivity contribution is 0.306. The molecule has 0 unspecified atom stereocenters.